The van der Waals surface area contributed by atoms with Crippen LogP contribution >= 0.6 is 0 Å². The smallest absolute Gasteiger partial charge is 0.248 e. The molecule has 0 aliphatic carbocycles. The third kappa shape index (κ3) is 4.66. The second kappa shape index (κ2) is 10.4. The van der Waals surface area contributed by atoms with Crippen molar-refractivity contribution >= 4 is 33.5 Å². The van der Waals surface area contributed by atoms with Crippen molar-refractivity contribution in [3.8, 4) is 0 Å². The Morgan fingerprint density at radius 1 is 0.738 bits per heavy atom. The molecule has 4 aromatic carbocycles. The van der Waals surface area contributed by atoms with Gasteiger partial charge in [-0.25, -0.2) is 0 Å². The molecule has 1 atom stereocenters. The fraction of sp³-hybridized carbons (Fsp3) is 0.278. The molecule has 2 saturated heterocycles. The number of hydrogen-bond donors (Lipinski definition) is 0. The largest absolute Gasteiger partial charge is 0.343 e. The predicted molar refractivity (Wildman–Crippen MR) is 167 cm³/mol. The number of carbonyl (C=O) groups is 2. The summed E-state index contributed by atoms with van der Waals surface area (Å²) < 4.78 is 2.32. The first-order valence-corrected chi connectivity index (χ1v) is 14.8. The molecule has 7 rings (SSSR count). The maximum Gasteiger partial charge on any atom is 0.248 e. The molecule has 212 valence electrons. The van der Waals surface area contributed by atoms with E-state index < -0.39 is 11.6 Å². The van der Waals surface area contributed by atoms with Crippen LogP contribution in [0.15, 0.2) is 103 Å². The number of carbonyl (C=O) groups excluding carboxylic acids is 2. The lowest BCUT2D eigenvalue weighted by atomic mass is 9.91. The lowest BCUT2D eigenvalue weighted by Gasteiger charge is -2.52. The van der Waals surface area contributed by atoms with E-state index in [2.05, 4.69) is 94.5 Å². The number of nitrogens with zero attached hydrogens (tertiary/aromatic N) is 4. The van der Waals surface area contributed by atoms with Gasteiger partial charge in [-0.3, -0.25) is 14.5 Å². The summed E-state index contributed by atoms with van der Waals surface area (Å²) in [5, 5.41) is 3.54. The van der Waals surface area contributed by atoms with Crippen LogP contribution in [-0.4, -0.2) is 62.3 Å². The van der Waals surface area contributed by atoms with Gasteiger partial charge in [-0.15, -0.1) is 0 Å². The highest BCUT2D eigenvalue weighted by molar-refractivity contribution is 5.99. The summed E-state index contributed by atoms with van der Waals surface area (Å²) >= 11 is 0. The van der Waals surface area contributed by atoms with Gasteiger partial charge in [-0.2, -0.15) is 0 Å². The molecule has 1 unspecified atom stereocenters. The minimum Gasteiger partial charge on any atom is -0.343 e. The third-order valence-corrected chi connectivity index (χ3v) is 9.09. The van der Waals surface area contributed by atoms with Crippen LogP contribution in [0.5, 0.6) is 0 Å². The zero-order valence-corrected chi connectivity index (χ0v) is 24.2. The second-order valence-corrected chi connectivity index (χ2v) is 12.2. The highest BCUT2D eigenvalue weighted by atomic mass is 16.2. The van der Waals surface area contributed by atoms with E-state index in [4.69, 9.17) is 0 Å². The van der Waals surface area contributed by atoms with Gasteiger partial charge in [0.2, 0.25) is 11.8 Å². The SMILES string of the molecule is CC1(C)C(=O)N2CCN(Cc3cn(Cc4ccccc4)c4ccccc34)CC2C(=O)N1Cc1ccc2ccccc2c1. The molecule has 1 aromatic heterocycles. The number of piperazine rings is 2. The average molecular weight is 557 g/mol. The minimum absolute atomic E-state index is 0.0314. The fourth-order valence-corrected chi connectivity index (χ4v) is 6.76. The van der Waals surface area contributed by atoms with Crippen LogP contribution in [0.1, 0.15) is 30.5 Å². The minimum atomic E-state index is -0.897. The third-order valence-electron chi connectivity index (χ3n) is 9.09. The normalized spacial score (nSPS) is 19.0. The average Bonchev–Trinajstić information content (AvgIpc) is 3.35. The Bertz CT molecular complexity index is 1790. The van der Waals surface area contributed by atoms with Gasteiger partial charge in [0.05, 0.1) is 0 Å². The summed E-state index contributed by atoms with van der Waals surface area (Å²) in [5.74, 6) is 0.0657. The van der Waals surface area contributed by atoms with Crippen LogP contribution in [-0.2, 0) is 29.2 Å². The Morgan fingerprint density at radius 2 is 1.48 bits per heavy atom. The predicted octanol–water partition coefficient (Wildman–Crippen LogP) is 5.68. The van der Waals surface area contributed by atoms with Crippen LogP contribution < -0.4 is 0 Å². The Morgan fingerprint density at radius 3 is 2.31 bits per heavy atom. The first kappa shape index (κ1) is 26.5. The Balaban J connectivity index is 1.13. The van der Waals surface area contributed by atoms with E-state index in [1.54, 1.807) is 4.90 Å². The molecule has 2 amide bonds. The highest BCUT2D eigenvalue weighted by Gasteiger charge is 2.52. The Kier molecular flexibility index (Phi) is 6.59. The molecule has 5 aromatic rings. The van der Waals surface area contributed by atoms with Crippen LogP contribution in [0.4, 0.5) is 0 Å². The van der Waals surface area contributed by atoms with E-state index in [1.165, 1.54) is 27.4 Å². The number of para-hydroxylation sites is 1. The van der Waals surface area contributed by atoms with Crippen molar-refractivity contribution in [2.75, 3.05) is 19.6 Å². The summed E-state index contributed by atoms with van der Waals surface area (Å²) in [5.41, 5.74) is 3.86. The topological polar surface area (TPSA) is 48.8 Å². The molecule has 0 N–H and O–H groups in total. The van der Waals surface area contributed by atoms with Gasteiger partial charge in [0, 0.05) is 56.4 Å². The van der Waals surface area contributed by atoms with Crippen LogP contribution in [0, 0.1) is 0 Å². The maximum atomic E-state index is 14.1. The van der Waals surface area contributed by atoms with E-state index in [-0.39, 0.29) is 11.8 Å². The van der Waals surface area contributed by atoms with Crippen molar-refractivity contribution in [3.63, 3.8) is 0 Å². The van der Waals surface area contributed by atoms with Crippen LogP contribution in [0.2, 0.25) is 0 Å². The molecule has 2 aliphatic rings. The van der Waals surface area contributed by atoms with Crippen molar-refractivity contribution in [1.29, 1.82) is 0 Å². The molecule has 2 fully saturated rings. The van der Waals surface area contributed by atoms with E-state index in [0.29, 0.717) is 19.6 Å². The van der Waals surface area contributed by atoms with Gasteiger partial charge in [-0.05, 0) is 53.4 Å². The van der Waals surface area contributed by atoms with Crippen molar-refractivity contribution in [3.05, 3.63) is 120 Å². The number of amides is 2. The van der Waals surface area contributed by atoms with Crippen LogP contribution in [0.3, 0.4) is 0 Å². The number of rotatable bonds is 6. The summed E-state index contributed by atoms with van der Waals surface area (Å²) in [6.45, 7) is 7.58. The molecular weight excluding hydrogens is 520 g/mol. The van der Waals surface area contributed by atoms with Gasteiger partial charge in [-0.1, -0.05) is 84.9 Å². The molecule has 3 heterocycles. The van der Waals surface area contributed by atoms with Crippen molar-refractivity contribution in [1.82, 2.24) is 19.3 Å². The lowest BCUT2D eigenvalue weighted by Crippen LogP contribution is -2.73. The van der Waals surface area contributed by atoms with Crippen molar-refractivity contribution < 1.29 is 9.59 Å². The van der Waals surface area contributed by atoms with E-state index in [0.717, 1.165) is 30.6 Å². The molecule has 0 saturated carbocycles. The molecule has 6 heteroatoms. The monoisotopic (exact) mass is 556 g/mol. The standard InChI is InChI=1S/C36H36N4O2/c1-36(2)35(42)39-19-18-37(23-30-24-38(21-26-10-4-3-5-11-26)32-15-9-8-14-31(30)32)25-33(39)34(41)40(36)22-27-16-17-28-12-6-7-13-29(28)20-27/h3-17,20,24,33H,18-19,21-23,25H2,1-2H3. The number of benzene rings is 4. The zero-order valence-electron chi connectivity index (χ0n) is 24.2. The molecule has 42 heavy (non-hydrogen) atoms. The lowest BCUT2D eigenvalue weighted by molar-refractivity contribution is -0.173. The Labute approximate surface area is 246 Å². The first-order chi connectivity index (χ1) is 20.4. The molecule has 2 aliphatic heterocycles. The number of hydrogen-bond acceptors (Lipinski definition) is 3. The number of aromatic nitrogens is 1. The molecule has 6 nitrogen and oxygen atoms in total. The first-order valence-electron chi connectivity index (χ1n) is 14.8. The van der Waals surface area contributed by atoms with E-state index >= 15 is 0 Å². The molecule has 0 radical (unpaired) electrons. The van der Waals surface area contributed by atoms with Gasteiger partial charge >= 0.3 is 0 Å². The molecule has 0 bridgehead atoms. The second-order valence-electron chi connectivity index (χ2n) is 12.2. The highest BCUT2D eigenvalue weighted by Crippen LogP contribution is 2.32. The maximum absolute atomic E-state index is 14.1. The quantitative estimate of drug-likeness (QED) is 0.271. The Hall–Kier alpha value is -4.42. The summed E-state index contributed by atoms with van der Waals surface area (Å²) in [7, 11) is 0. The van der Waals surface area contributed by atoms with Crippen molar-refractivity contribution in [2.24, 2.45) is 0 Å². The molecular formula is C36H36N4O2. The van der Waals surface area contributed by atoms with E-state index in [9.17, 15) is 9.59 Å². The van der Waals surface area contributed by atoms with Gasteiger partial charge in [0.25, 0.3) is 0 Å². The van der Waals surface area contributed by atoms with Crippen molar-refractivity contribution in [2.45, 2.75) is 45.1 Å². The van der Waals surface area contributed by atoms with Gasteiger partial charge in [0.1, 0.15) is 11.6 Å². The number of fused-ring (bicyclic) bond motifs is 3. The van der Waals surface area contributed by atoms with Gasteiger partial charge in [0.15, 0.2) is 0 Å². The zero-order chi connectivity index (χ0) is 28.8. The summed E-state index contributed by atoms with van der Waals surface area (Å²) in [6, 6.07) is 33.1. The van der Waals surface area contributed by atoms with E-state index in [1.807, 2.05) is 36.9 Å². The van der Waals surface area contributed by atoms with Crippen LogP contribution in [0.25, 0.3) is 21.7 Å². The van der Waals surface area contributed by atoms with Gasteiger partial charge < -0.3 is 14.4 Å². The molecule has 0 spiro atoms. The summed E-state index contributed by atoms with van der Waals surface area (Å²) in [6.07, 6.45) is 2.26. The fourth-order valence-electron chi connectivity index (χ4n) is 6.76. The summed E-state index contributed by atoms with van der Waals surface area (Å²) in [4.78, 5) is 33.8.